The van der Waals surface area contributed by atoms with E-state index in [1.54, 1.807) is 25.1 Å². The predicted octanol–water partition coefficient (Wildman–Crippen LogP) is 1.65. The van der Waals surface area contributed by atoms with Gasteiger partial charge in [-0.15, -0.1) is 0 Å². The standard InChI is InChI=1S/C13H16O5/c1-3-16-13(14)9-4-5-11(12(6-9)15-2)18-8-10-7-17-10/h4-6,10H,3,7-8H2,1-2H3. The van der Waals surface area contributed by atoms with Crippen molar-refractivity contribution in [1.29, 1.82) is 0 Å². The van der Waals surface area contributed by atoms with E-state index in [9.17, 15) is 4.79 Å². The van der Waals surface area contributed by atoms with Crippen LogP contribution in [0.15, 0.2) is 18.2 Å². The maximum absolute atomic E-state index is 11.6. The Hall–Kier alpha value is -1.75. The maximum Gasteiger partial charge on any atom is 0.338 e. The first kappa shape index (κ1) is 12.7. The van der Waals surface area contributed by atoms with E-state index in [1.165, 1.54) is 7.11 Å². The van der Waals surface area contributed by atoms with E-state index in [2.05, 4.69) is 0 Å². The van der Waals surface area contributed by atoms with Crippen LogP contribution in [0.3, 0.4) is 0 Å². The molecule has 5 heteroatoms. The summed E-state index contributed by atoms with van der Waals surface area (Å²) in [5.41, 5.74) is 0.448. The van der Waals surface area contributed by atoms with E-state index in [0.717, 1.165) is 6.61 Å². The highest BCUT2D eigenvalue weighted by Crippen LogP contribution is 2.29. The Morgan fingerprint density at radius 1 is 1.44 bits per heavy atom. The summed E-state index contributed by atoms with van der Waals surface area (Å²) in [6.07, 6.45) is 0.180. The molecule has 5 nitrogen and oxygen atoms in total. The van der Waals surface area contributed by atoms with E-state index in [1.807, 2.05) is 0 Å². The summed E-state index contributed by atoms with van der Waals surface area (Å²) in [7, 11) is 1.53. The van der Waals surface area contributed by atoms with Crippen LogP contribution in [-0.4, -0.2) is 39.0 Å². The molecule has 1 aromatic rings. The van der Waals surface area contributed by atoms with Gasteiger partial charge in [0.1, 0.15) is 12.7 Å². The molecule has 0 bridgehead atoms. The van der Waals surface area contributed by atoms with Gasteiger partial charge in [0.2, 0.25) is 0 Å². The molecule has 98 valence electrons. The lowest BCUT2D eigenvalue weighted by atomic mass is 10.2. The van der Waals surface area contributed by atoms with Crippen LogP contribution < -0.4 is 9.47 Å². The van der Waals surface area contributed by atoms with Crippen LogP contribution in [0.25, 0.3) is 0 Å². The van der Waals surface area contributed by atoms with Crippen LogP contribution in [0.5, 0.6) is 11.5 Å². The average molecular weight is 252 g/mol. The highest BCUT2D eigenvalue weighted by molar-refractivity contribution is 5.90. The van der Waals surface area contributed by atoms with E-state index in [0.29, 0.717) is 30.3 Å². The van der Waals surface area contributed by atoms with Gasteiger partial charge in [-0.05, 0) is 25.1 Å². The zero-order valence-electron chi connectivity index (χ0n) is 10.5. The fraction of sp³-hybridized carbons (Fsp3) is 0.462. The molecule has 1 heterocycles. The number of rotatable bonds is 6. The first-order chi connectivity index (χ1) is 8.74. The molecule has 1 saturated heterocycles. The number of hydrogen-bond acceptors (Lipinski definition) is 5. The van der Waals surface area contributed by atoms with Crippen molar-refractivity contribution in [1.82, 2.24) is 0 Å². The van der Waals surface area contributed by atoms with Crippen LogP contribution in [-0.2, 0) is 9.47 Å². The van der Waals surface area contributed by atoms with Gasteiger partial charge in [0.25, 0.3) is 0 Å². The van der Waals surface area contributed by atoms with Crippen LogP contribution in [0.4, 0.5) is 0 Å². The van der Waals surface area contributed by atoms with Gasteiger partial charge in [-0.1, -0.05) is 0 Å². The van der Waals surface area contributed by atoms with Crippen molar-refractivity contribution in [2.45, 2.75) is 13.0 Å². The van der Waals surface area contributed by atoms with Gasteiger partial charge in [-0.25, -0.2) is 4.79 Å². The van der Waals surface area contributed by atoms with E-state index in [4.69, 9.17) is 18.9 Å². The Kier molecular flexibility index (Phi) is 4.04. The normalized spacial score (nSPS) is 17.1. The largest absolute Gasteiger partial charge is 0.493 e. The Morgan fingerprint density at radius 2 is 2.22 bits per heavy atom. The third kappa shape index (κ3) is 3.13. The van der Waals surface area contributed by atoms with Gasteiger partial charge in [0.05, 0.1) is 25.9 Å². The molecular weight excluding hydrogens is 236 g/mol. The number of hydrogen-bond donors (Lipinski definition) is 0. The molecule has 0 radical (unpaired) electrons. The van der Waals surface area contributed by atoms with Crippen molar-refractivity contribution in [2.24, 2.45) is 0 Å². The van der Waals surface area contributed by atoms with Crippen molar-refractivity contribution >= 4 is 5.97 Å². The van der Waals surface area contributed by atoms with Gasteiger partial charge in [0.15, 0.2) is 11.5 Å². The number of epoxide rings is 1. The molecule has 1 aliphatic rings. The number of benzene rings is 1. The van der Waals surface area contributed by atoms with Crippen LogP contribution in [0.2, 0.25) is 0 Å². The van der Waals surface area contributed by atoms with Crippen molar-refractivity contribution < 1.29 is 23.7 Å². The molecule has 18 heavy (non-hydrogen) atoms. The quantitative estimate of drug-likeness (QED) is 0.569. The summed E-state index contributed by atoms with van der Waals surface area (Å²) < 4.78 is 20.7. The maximum atomic E-state index is 11.6. The molecule has 1 aromatic carbocycles. The summed E-state index contributed by atoms with van der Waals surface area (Å²) >= 11 is 0. The highest BCUT2D eigenvalue weighted by atomic mass is 16.6. The molecule has 0 N–H and O–H groups in total. The Bertz CT molecular complexity index is 425. The minimum atomic E-state index is -0.368. The molecule has 1 fully saturated rings. The predicted molar refractivity (Wildman–Crippen MR) is 64.2 cm³/mol. The molecular formula is C13H16O5. The monoisotopic (exact) mass is 252 g/mol. The van der Waals surface area contributed by atoms with E-state index < -0.39 is 0 Å². The summed E-state index contributed by atoms with van der Waals surface area (Å²) in [5, 5.41) is 0. The third-order valence-electron chi connectivity index (χ3n) is 2.50. The van der Waals surface area contributed by atoms with Crippen LogP contribution >= 0.6 is 0 Å². The molecule has 0 aromatic heterocycles. The molecule has 1 aliphatic heterocycles. The minimum Gasteiger partial charge on any atom is -0.493 e. The lowest BCUT2D eigenvalue weighted by Gasteiger charge is -2.11. The second-order valence-corrected chi connectivity index (χ2v) is 3.85. The summed E-state index contributed by atoms with van der Waals surface area (Å²) in [5.74, 6) is 0.745. The first-order valence-electron chi connectivity index (χ1n) is 5.84. The Balaban J connectivity index is 2.08. The molecule has 1 atom stereocenters. The van der Waals surface area contributed by atoms with Gasteiger partial charge in [-0.3, -0.25) is 0 Å². The number of ether oxygens (including phenoxy) is 4. The smallest absolute Gasteiger partial charge is 0.338 e. The highest BCUT2D eigenvalue weighted by Gasteiger charge is 2.23. The van der Waals surface area contributed by atoms with E-state index in [-0.39, 0.29) is 12.1 Å². The molecule has 2 rings (SSSR count). The summed E-state index contributed by atoms with van der Waals surface area (Å²) in [4.78, 5) is 11.6. The van der Waals surface area contributed by atoms with Crippen molar-refractivity contribution in [3.8, 4) is 11.5 Å². The molecule has 1 unspecified atom stereocenters. The SMILES string of the molecule is CCOC(=O)c1ccc(OCC2CO2)c(OC)c1. The van der Waals surface area contributed by atoms with Crippen molar-refractivity contribution in [2.75, 3.05) is 26.9 Å². The average Bonchev–Trinajstić information content (AvgIpc) is 3.20. The Labute approximate surface area is 106 Å². The summed E-state index contributed by atoms with van der Waals surface area (Å²) in [6.45, 7) is 3.35. The van der Waals surface area contributed by atoms with E-state index >= 15 is 0 Å². The van der Waals surface area contributed by atoms with Gasteiger partial charge in [-0.2, -0.15) is 0 Å². The molecule has 0 aliphatic carbocycles. The molecule has 0 spiro atoms. The van der Waals surface area contributed by atoms with Gasteiger partial charge >= 0.3 is 5.97 Å². The summed E-state index contributed by atoms with van der Waals surface area (Å²) in [6, 6.07) is 4.97. The van der Waals surface area contributed by atoms with Gasteiger partial charge < -0.3 is 18.9 Å². The Morgan fingerprint density at radius 3 is 2.83 bits per heavy atom. The zero-order valence-corrected chi connectivity index (χ0v) is 10.5. The molecule has 0 amide bonds. The third-order valence-corrected chi connectivity index (χ3v) is 2.50. The minimum absolute atomic E-state index is 0.180. The fourth-order valence-electron chi connectivity index (χ4n) is 1.48. The lowest BCUT2D eigenvalue weighted by Crippen LogP contribution is -2.07. The van der Waals surface area contributed by atoms with Crippen LogP contribution in [0.1, 0.15) is 17.3 Å². The van der Waals surface area contributed by atoms with Crippen LogP contribution in [0, 0.1) is 0 Å². The molecule has 0 saturated carbocycles. The lowest BCUT2D eigenvalue weighted by molar-refractivity contribution is 0.0526. The second kappa shape index (κ2) is 5.73. The topological polar surface area (TPSA) is 57.3 Å². The first-order valence-corrected chi connectivity index (χ1v) is 5.84. The number of carbonyl (C=O) groups is 1. The fourth-order valence-corrected chi connectivity index (χ4v) is 1.48. The number of methoxy groups -OCH3 is 1. The number of esters is 1. The van der Waals surface area contributed by atoms with Crippen molar-refractivity contribution in [3.63, 3.8) is 0 Å². The van der Waals surface area contributed by atoms with Gasteiger partial charge in [0, 0.05) is 0 Å². The zero-order chi connectivity index (χ0) is 13.0. The second-order valence-electron chi connectivity index (χ2n) is 3.85. The van der Waals surface area contributed by atoms with Crippen molar-refractivity contribution in [3.05, 3.63) is 23.8 Å². The number of carbonyl (C=O) groups excluding carboxylic acids is 1.